The van der Waals surface area contributed by atoms with Crippen LogP contribution in [0.5, 0.6) is 5.75 Å². The summed E-state index contributed by atoms with van der Waals surface area (Å²) >= 11 is 0. The largest absolute Gasteiger partial charge is 0.506 e. The fourth-order valence-corrected chi connectivity index (χ4v) is 0.768. The van der Waals surface area contributed by atoms with E-state index in [2.05, 4.69) is 0 Å². The van der Waals surface area contributed by atoms with Crippen molar-refractivity contribution >= 4 is 11.6 Å². The van der Waals surface area contributed by atoms with Crippen molar-refractivity contribution in [3.63, 3.8) is 0 Å². The minimum absolute atomic E-state index is 0.0785. The first-order valence-electron chi connectivity index (χ1n) is 3.10. The fraction of sp³-hybridized carbons (Fsp3) is 0. The molecule has 0 saturated heterocycles. The summed E-state index contributed by atoms with van der Waals surface area (Å²) in [5.74, 6) is -2.20. The number of benzene rings is 1. The summed E-state index contributed by atoms with van der Waals surface area (Å²) in [5.41, 5.74) is 9.61. The number of halogens is 1. The van der Waals surface area contributed by atoms with Crippen molar-refractivity contribution in [2.75, 3.05) is 5.73 Å². The topological polar surface area (TPSA) is 89.3 Å². The summed E-state index contributed by atoms with van der Waals surface area (Å²) in [7, 11) is 0. The van der Waals surface area contributed by atoms with Crippen molar-refractivity contribution < 1.29 is 14.3 Å². The number of rotatable bonds is 1. The molecule has 1 amide bonds. The predicted octanol–water partition coefficient (Wildman–Crippen LogP) is 0.212. The molecule has 12 heavy (non-hydrogen) atoms. The Morgan fingerprint density at radius 1 is 1.50 bits per heavy atom. The highest BCUT2D eigenvalue weighted by Gasteiger charge is 2.10. The van der Waals surface area contributed by atoms with Gasteiger partial charge in [-0.2, -0.15) is 0 Å². The van der Waals surface area contributed by atoms with Crippen molar-refractivity contribution in [2.45, 2.75) is 0 Å². The van der Waals surface area contributed by atoms with Gasteiger partial charge in [0, 0.05) is 6.07 Å². The number of nitrogens with two attached hydrogens (primary N) is 2. The molecule has 5 heteroatoms. The zero-order valence-corrected chi connectivity index (χ0v) is 6.04. The van der Waals surface area contributed by atoms with E-state index in [1.807, 2.05) is 0 Å². The smallest absolute Gasteiger partial charge is 0.251 e. The standard InChI is InChI=1S/C7H7FN2O2/c8-4-2-6(11)5(9)1-3(4)7(10)12/h1-2,11H,9H2,(H2,10,12). The fourth-order valence-electron chi connectivity index (χ4n) is 0.768. The number of hydrogen-bond acceptors (Lipinski definition) is 3. The van der Waals surface area contributed by atoms with Gasteiger partial charge in [0.05, 0.1) is 11.3 Å². The van der Waals surface area contributed by atoms with Crippen molar-refractivity contribution in [2.24, 2.45) is 5.73 Å². The van der Waals surface area contributed by atoms with Gasteiger partial charge in [-0.05, 0) is 6.07 Å². The number of amides is 1. The molecular formula is C7H7FN2O2. The third kappa shape index (κ3) is 1.29. The van der Waals surface area contributed by atoms with E-state index in [-0.39, 0.29) is 11.3 Å². The molecule has 0 fully saturated rings. The van der Waals surface area contributed by atoms with Crippen LogP contribution in [0.15, 0.2) is 12.1 Å². The van der Waals surface area contributed by atoms with E-state index in [4.69, 9.17) is 16.6 Å². The molecule has 0 unspecified atom stereocenters. The molecule has 0 aliphatic heterocycles. The molecule has 0 aliphatic rings. The summed E-state index contributed by atoms with van der Waals surface area (Å²) < 4.78 is 12.8. The van der Waals surface area contributed by atoms with Crippen LogP contribution >= 0.6 is 0 Å². The molecule has 0 aliphatic carbocycles. The lowest BCUT2D eigenvalue weighted by Crippen LogP contribution is -2.13. The van der Waals surface area contributed by atoms with Gasteiger partial charge in [-0.15, -0.1) is 0 Å². The Labute approximate surface area is 67.6 Å². The highest BCUT2D eigenvalue weighted by atomic mass is 19.1. The third-order valence-corrected chi connectivity index (χ3v) is 1.38. The van der Waals surface area contributed by atoms with Gasteiger partial charge in [0.25, 0.3) is 5.91 Å². The van der Waals surface area contributed by atoms with E-state index in [9.17, 15) is 9.18 Å². The first-order chi connectivity index (χ1) is 5.52. The Balaban J connectivity index is 3.33. The zero-order chi connectivity index (χ0) is 9.30. The molecule has 5 N–H and O–H groups in total. The maximum absolute atomic E-state index is 12.8. The van der Waals surface area contributed by atoms with E-state index >= 15 is 0 Å². The number of carbonyl (C=O) groups excluding carboxylic acids is 1. The Morgan fingerprint density at radius 2 is 2.08 bits per heavy atom. The van der Waals surface area contributed by atoms with Gasteiger partial charge in [-0.1, -0.05) is 0 Å². The number of primary amides is 1. The quantitative estimate of drug-likeness (QED) is 0.415. The third-order valence-electron chi connectivity index (χ3n) is 1.38. The summed E-state index contributed by atoms with van der Waals surface area (Å²) in [4.78, 5) is 10.5. The Bertz CT molecular complexity index is 338. The highest BCUT2D eigenvalue weighted by Crippen LogP contribution is 2.23. The number of phenols is 1. The van der Waals surface area contributed by atoms with Crippen LogP contribution in [0.3, 0.4) is 0 Å². The lowest BCUT2D eigenvalue weighted by molar-refractivity contribution is 0.0996. The molecule has 0 spiro atoms. The molecular weight excluding hydrogens is 163 g/mol. The van der Waals surface area contributed by atoms with E-state index in [0.717, 1.165) is 12.1 Å². The maximum atomic E-state index is 12.8. The first-order valence-corrected chi connectivity index (χ1v) is 3.10. The summed E-state index contributed by atoms with van der Waals surface area (Å²) in [5, 5.41) is 8.89. The molecule has 1 aromatic carbocycles. The molecule has 0 radical (unpaired) electrons. The van der Waals surface area contributed by atoms with Crippen LogP contribution in [0, 0.1) is 5.82 Å². The molecule has 0 bridgehead atoms. The van der Waals surface area contributed by atoms with Gasteiger partial charge in [-0.25, -0.2) is 4.39 Å². The minimum Gasteiger partial charge on any atom is -0.506 e. The number of hydrogen-bond donors (Lipinski definition) is 3. The SMILES string of the molecule is NC(=O)c1cc(N)c(O)cc1F. The lowest BCUT2D eigenvalue weighted by Gasteiger charge is -2.01. The number of nitrogen functional groups attached to an aromatic ring is 1. The van der Waals surface area contributed by atoms with Crippen LogP contribution in [-0.2, 0) is 0 Å². The summed E-state index contributed by atoms with van der Waals surface area (Å²) in [6.45, 7) is 0. The van der Waals surface area contributed by atoms with Gasteiger partial charge in [-0.3, -0.25) is 4.79 Å². The number of carbonyl (C=O) groups is 1. The van der Waals surface area contributed by atoms with Gasteiger partial charge in [0.2, 0.25) is 0 Å². The van der Waals surface area contributed by atoms with Crippen LogP contribution in [0.2, 0.25) is 0 Å². The summed E-state index contributed by atoms with van der Waals surface area (Å²) in [6, 6.07) is 1.74. The normalized spacial score (nSPS) is 9.75. The monoisotopic (exact) mass is 170 g/mol. The second-order valence-electron chi connectivity index (χ2n) is 2.26. The Kier molecular flexibility index (Phi) is 1.86. The van der Waals surface area contributed by atoms with E-state index in [0.29, 0.717) is 0 Å². The van der Waals surface area contributed by atoms with Gasteiger partial charge >= 0.3 is 0 Å². The second kappa shape index (κ2) is 2.69. The Hall–Kier alpha value is -1.78. The van der Waals surface area contributed by atoms with Crippen LogP contribution < -0.4 is 11.5 Å². The molecule has 1 rings (SSSR count). The van der Waals surface area contributed by atoms with Crippen molar-refractivity contribution in [3.05, 3.63) is 23.5 Å². The average molecular weight is 170 g/mol. The van der Waals surface area contributed by atoms with Crippen LogP contribution in [0.25, 0.3) is 0 Å². The Morgan fingerprint density at radius 3 is 2.58 bits per heavy atom. The van der Waals surface area contributed by atoms with E-state index in [1.54, 1.807) is 0 Å². The zero-order valence-electron chi connectivity index (χ0n) is 6.04. The lowest BCUT2D eigenvalue weighted by atomic mass is 10.1. The molecule has 0 saturated carbocycles. The molecule has 0 atom stereocenters. The molecule has 1 aromatic rings. The number of phenolic OH excluding ortho intramolecular Hbond substituents is 1. The predicted molar refractivity (Wildman–Crippen MR) is 41.0 cm³/mol. The minimum atomic E-state index is -0.917. The second-order valence-corrected chi connectivity index (χ2v) is 2.26. The van der Waals surface area contributed by atoms with E-state index < -0.39 is 17.5 Å². The first kappa shape index (κ1) is 8.32. The average Bonchev–Trinajstić information content (AvgIpc) is 1.96. The van der Waals surface area contributed by atoms with Crippen molar-refractivity contribution in [1.82, 2.24) is 0 Å². The van der Waals surface area contributed by atoms with Crippen LogP contribution in [-0.4, -0.2) is 11.0 Å². The molecule has 0 heterocycles. The highest BCUT2D eigenvalue weighted by molar-refractivity contribution is 5.94. The van der Waals surface area contributed by atoms with Crippen molar-refractivity contribution in [1.29, 1.82) is 0 Å². The maximum Gasteiger partial charge on any atom is 0.251 e. The van der Waals surface area contributed by atoms with Crippen molar-refractivity contribution in [3.8, 4) is 5.75 Å². The molecule has 0 aromatic heterocycles. The van der Waals surface area contributed by atoms with Gasteiger partial charge in [0.1, 0.15) is 11.6 Å². The number of aromatic hydroxyl groups is 1. The van der Waals surface area contributed by atoms with Gasteiger partial charge in [0.15, 0.2) is 0 Å². The molecule has 4 nitrogen and oxygen atoms in total. The number of anilines is 1. The van der Waals surface area contributed by atoms with Crippen LogP contribution in [0.4, 0.5) is 10.1 Å². The summed E-state index contributed by atoms with van der Waals surface area (Å²) in [6.07, 6.45) is 0. The van der Waals surface area contributed by atoms with Crippen LogP contribution in [0.1, 0.15) is 10.4 Å². The van der Waals surface area contributed by atoms with E-state index in [1.165, 1.54) is 0 Å². The molecule has 64 valence electrons. The van der Waals surface area contributed by atoms with Gasteiger partial charge < -0.3 is 16.6 Å².